The van der Waals surface area contributed by atoms with Gasteiger partial charge in [0.05, 0.1) is 6.04 Å². The highest BCUT2D eigenvalue weighted by atomic mass is 16.5. The molecule has 0 aliphatic heterocycles. The predicted octanol–water partition coefficient (Wildman–Crippen LogP) is 3.54. The molecule has 0 fully saturated rings. The Morgan fingerprint density at radius 1 is 1.27 bits per heavy atom. The molecule has 0 spiro atoms. The monoisotopic (exact) mass is 298 g/mol. The van der Waals surface area contributed by atoms with Crippen LogP contribution in [0.4, 0.5) is 4.79 Å². The van der Waals surface area contributed by atoms with E-state index >= 15 is 0 Å². The number of urea groups is 1. The van der Waals surface area contributed by atoms with Crippen molar-refractivity contribution in [2.24, 2.45) is 5.73 Å². The van der Waals surface area contributed by atoms with Crippen LogP contribution in [0.25, 0.3) is 0 Å². The van der Waals surface area contributed by atoms with Crippen LogP contribution < -0.4 is 10.5 Å². The summed E-state index contributed by atoms with van der Waals surface area (Å²) in [5.41, 5.74) is 8.25. The third-order valence-electron chi connectivity index (χ3n) is 3.91. The molecule has 1 aliphatic rings. The summed E-state index contributed by atoms with van der Waals surface area (Å²) in [4.78, 5) is 11.1. The molecule has 0 saturated carbocycles. The molecule has 5 nitrogen and oxygen atoms in total. The average Bonchev–Trinajstić information content (AvgIpc) is 2.89. The lowest BCUT2D eigenvalue weighted by atomic mass is 10.1. The number of primary amides is 1. The van der Waals surface area contributed by atoms with Crippen molar-refractivity contribution >= 4 is 6.03 Å². The fraction of sp³-hybridized carbons (Fsp3) is 0.235. The number of rotatable bonds is 3. The number of nitrogens with two attached hydrogens (primary N) is 1. The molecular weight excluding hydrogens is 280 g/mol. The van der Waals surface area contributed by atoms with Crippen LogP contribution in [-0.2, 0) is 6.42 Å². The molecule has 114 valence electrons. The molecule has 0 aromatic heterocycles. The maximum absolute atomic E-state index is 11.1. The number of carbonyl (C=O) groups excluding carboxylic acids is 1. The Morgan fingerprint density at radius 3 is 2.77 bits per heavy atom. The standard InChI is InChI=1S/C17H18N2O3/c1-11-3-2-4-13(9-11)22-14-6-7-15-12(10-14)5-8-16(15)19(21)17(18)20/h2-4,6-7,9-10,16,21H,5,8H2,1H3,(H2,18,20). The molecule has 5 heteroatoms. The van der Waals surface area contributed by atoms with Crippen LogP contribution in [0.1, 0.15) is 29.2 Å². The molecule has 1 unspecified atom stereocenters. The SMILES string of the molecule is Cc1cccc(Oc2ccc3c(c2)CCC3N(O)C(N)=O)c1. The zero-order valence-corrected chi connectivity index (χ0v) is 12.3. The number of benzene rings is 2. The second-order valence-electron chi connectivity index (χ2n) is 5.52. The van der Waals surface area contributed by atoms with Crippen LogP contribution in [-0.4, -0.2) is 16.3 Å². The maximum atomic E-state index is 11.1. The van der Waals surface area contributed by atoms with Crippen molar-refractivity contribution in [3.63, 3.8) is 0 Å². The van der Waals surface area contributed by atoms with E-state index in [4.69, 9.17) is 10.5 Å². The van der Waals surface area contributed by atoms with Crippen LogP contribution in [0.3, 0.4) is 0 Å². The van der Waals surface area contributed by atoms with Gasteiger partial charge in [0.15, 0.2) is 0 Å². The van der Waals surface area contributed by atoms with Crippen molar-refractivity contribution in [3.8, 4) is 11.5 Å². The van der Waals surface area contributed by atoms with Gasteiger partial charge in [-0.05, 0) is 60.7 Å². The van der Waals surface area contributed by atoms with Gasteiger partial charge < -0.3 is 10.5 Å². The van der Waals surface area contributed by atoms with Gasteiger partial charge in [0.1, 0.15) is 11.5 Å². The Bertz CT molecular complexity index is 715. The third kappa shape index (κ3) is 2.76. The van der Waals surface area contributed by atoms with Gasteiger partial charge in [0.25, 0.3) is 0 Å². The summed E-state index contributed by atoms with van der Waals surface area (Å²) < 4.78 is 5.86. The quantitative estimate of drug-likeness (QED) is 0.672. The zero-order chi connectivity index (χ0) is 15.7. The summed E-state index contributed by atoms with van der Waals surface area (Å²) in [5, 5.41) is 10.3. The summed E-state index contributed by atoms with van der Waals surface area (Å²) >= 11 is 0. The molecule has 22 heavy (non-hydrogen) atoms. The lowest BCUT2D eigenvalue weighted by Crippen LogP contribution is -2.35. The molecule has 1 atom stereocenters. The van der Waals surface area contributed by atoms with Crippen LogP contribution in [0.5, 0.6) is 11.5 Å². The number of fused-ring (bicyclic) bond motifs is 1. The molecule has 3 N–H and O–H groups in total. The Morgan fingerprint density at radius 2 is 2.05 bits per heavy atom. The predicted molar refractivity (Wildman–Crippen MR) is 82.0 cm³/mol. The van der Waals surface area contributed by atoms with Gasteiger partial charge in [-0.25, -0.2) is 4.79 Å². The Hall–Kier alpha value is -2.53. The van der Waals surface area contributed by atoms with Crippen LogP contribution in [0.2, 0.25) is 0 Å². The van der Waals surface area contributed by atoms with Gasteiger partial charge in [-0.3, -0.25) is 5.21 Å². The van der Waals surface area contributed by atoms with E-state index in [0.29, 0.717) is 11.5 Å². The molecule has 0 radical (unpaired) electrons. The highest BCUT2D eigenvalue weighted by Crippen LogP contribution is 2.37. The second kappa shape index (κ2) is 5.69. The molecule has 0 saturated heterocycles. The minimum Gasteiger partial charge on any atom is -0.457 e. The van der Waals surface area contributed by atoms with E-state index in [0.717, 1.165) is 34.6 Å². The summed E-state index contributed by atoms with van der Waals surface area (Å²) in [6.45, 7) is 2.01. The second-order valence-corrected chi connectivity index (χ2v) is 5.52. The summed E-state index contributed by atoms with van der Waals surface area (Å²) in [5.74, 6) is 1.53. The van der Waals surface area contributed by atoms with Gasteiger partial charge >= 0.3 is 6.03 Å². The Labute approximate surface area is 128 Å². The molecule has 3 rings (SSSR count). The van der Waals surface area contributed by atoms with Crippen LogP contribution in [0, 0.1) is 6.92 Å². The lowest BCUT2D eigenvalue weighted by molar-refractivity contribution is -0.0757. The summed E-state index contributed by atoms with van der Waals surface area (Å²) in [6, 6.07) is 12.3. The van der Waals surface area contributed by atoms with E-state index in [1.165, 1.54) is 0 Å². The normalized spacial score (nSPS) is 16.2. The molecular formula is C17H18N2O3. The fourth-order valence-electron chi connectivity index (χ4n) is 2.86. The topological polar surface area (TPSA) is 75.8 Å². The van der Waals surface area contributed by atoms with E-state index in [2.05, 4.69) is 0 Å². The number of aryl methyl sites for hydroxylation is 2. The zero-order valence-electron chi connectivity index (χ0n) is 12.3. The first-order valence-corrected chi connectivity index (χ1v) is 7.19. The fourth-order valence-corrected chi connectivity index (χ4v) is 2.86. The number of hydrogen-bond donors (Lipinski definition) is 2. The molecule has 2 amide bonds. The number of nitrogens with zero attached hydrogens (tertiary/aromatic N) is 1. The van der Waals surface area contributed by atoms with E-state index in [9.17, 15) is 10.0 Å². The van der Waals surface area contributed by atoms with Gasteiger partial charge in [-0.15, -0.1) is 0 Å². The van der Waals surface area contributed by atoms with Gasteiger partial charge in [0, 0.05) is 0 Å². The smallest absolute Gasteiger partial charge is 0.339 e. The van der Waals surface area contributed by atoms with Crippen molar-refractivity contribution in [2.75, 3.05) is 0 Å². The number of hydroxylamine groups is 2. The number of hydrogen-bond acceptors (Lipinski definition) is 3. The summed E-state index contributed by atoms with van der Waals surface area (Å²) in [6.07, 6.45) is 1.43. The van der Waals surface area contributed by atoms with E-state index in [1.807, 2.05) is 49.4 Å². The van der Waals surface area contributed by atoms with Gasteiger partial charge in [-0.2, -0.15) is 5.06 Å². The first-order chi connectivity index (χ1) is 10.5. The first kappa shape index (κ1) is 14.4. The maximum Gasteiger partial charge on any atom is 0.339 e. The van der Waals surface area contributed by atoms with Crippen LogP contribution >= 0.6 is 0 Å². The Kier molecular flexibility index (Phi) is 3.73. The highest BCUT2D eigenvalue weighted by molar-refractivity contribution is 5.71. The van der Waals surface area contributed by atoms with Crippen molar-refractivity contribution in [1.82, 2.24) is 5.06 Å². The van der Waals surface area contributed by atoms with Crippen molar-refractivity contribution in [3.05, 3.63) is 59.2 Å². The highest BCUT2D eigenvalue weighted by Gasteiger charge is 2.29. The molecule has 0 heterocycles. The molecule has 0 bridgehead atoms. The summed E-state index contributed by atoms with van der Waals surface area (Å²) in [7, 11) is 0. The molecule has 1 aliphatic carbocycles. The van der Waals surface area contributed by atoms with Crippen LogP contribution in [0.15, 0.2) is 42.5 Å². The van der Waals surface area contributed by atoms with E-state index in [-0.39, 0.29) is 6.04 Å². The van der Waals surface area contributed by atoms with Gasteiger partial charge in [-0.1, -0.05) is 18.2 Å². The minimum atomic E-state index is -0.835. The number of amides is 2. The van der Waals surface area contributed by atoms with Gasteiger partial charge in [0.2, 0.25) is 0 Å². The minimum absolute atomic E-state index is 0.375. The molecule has 2 aromatic carbocycles. The first-order valence-electron chi connectivity index (χ1n) is 7.19. The number of ether oxygens (including phenoxy) is 1. The van der Waals surface area contributed by atoms with Crippen molar-refractivity contribution < 1.29 is 14.7 Å². The largest absolute Gasteiger partial charge is 0.457 e. The Balaban J connectivity index is 1.82. The third-order valence-corrected chi connectivity index (χ3v) is 3.91. The average molecular weight is 298 g/mol. The van der Waals surface area contributed by atoms with E-state index in [1.54, 1.807) is 0 Å². The van der Waals surface area contributed by atoms with Crippen molar-refractivity contribution in [2.45, 2.75) is 25.8 Å². The van der Waals surface area contributed by atoms with E-state index < -0.39 is 6.03 Å². The van der Waals surface area contributed by atoms with Crippen molar-refractivity contribution in [1.29, 1.82) is 0 Å². The number of carbonyl (C=O) groups is 1. The lowest BCUT2D eigenvalue weighted by Gasteiger charge is -2.20. The molecule has 2 aromatic rings.